The predicted octanol–water partition coefficient (Wildman–Crippen LogP) is 3.64. The highest BCUT2D eigenvalue weighted by Gasteiger charge is 2.23. The summed E-state index contributed by atoms with van der Waals surface area (Å²) >= 11 is 0. The van der Waals surface area contributed by atoms with E-state index in [9.17, 15) is 16.8 Å². The van der Waals surface area contributed by atoms with Gasteiger partial charge in [0.25, 0.3) is 20.1 Å². The van der Waals surface area contributed by atoms with Gasteiger partial charge in [0.05, 0.1) is 48.7 Å². The van der Waals surface area contributed by atoms with E-state index in [-0.39, 0.29) is 30.6 Å². The van der Waals surface area contributed by atoms with E-state index in [1.165, 1.54) is 12.4 Å². The number of nitrogens with zero attached hydrogens (tertiary/aromatic N) is 4. The lowest BCUT2D eigenvalue weighted by atomic mass is 10.1. The number of aromatic nitrogens is 4. The fourth-order valence-corrected chi connectivity index (χ4v) is 5.61. The Morgan fingerprint density at radius 2 is 2.00 bits per heavy atom. The molecule has 0 aliphatic carbocycles. The molecule has 1 aliphatic rings. The van der Waals surface area contributed by atoms with E-state index in [0.29, 0.717) is 43.1 Å². The summed E-state index contributed by atoms with van der Waals surface area (Å²) in [5.74, 6) is 0.289. The zero-order chi connectivity index (χ0) is 28.2. The van der Waals surface area contributed by atoms with Gasteiger partial charge in [-0.2, -0.15) is 22.7 Å². The molecule has 2 aromatic heterocycles. The Labute approximate surface area is 229 Å². The molecule has 0 bridgehead atoms. The van der Waals surface area contributed by atoms with Crippen molar-refractivity contribution in [3.63, 3.8) is 0 Å². The number of hydrogen-bond donors (Lipinski definition) is 1. The molecule has 3 heterocycles. The third kappa shape index (κ3) is 7.78. The first-order chi connectivity index (χ1) is 18.4. The molecule has 0 radical (unpaired) electrons. The number of benzene rings is 1. The first-order valence-corrected chi connectivity index (χ1v) is 16.5. The third-order valence-electron chi connectivity index (χ3n) is 6.65. The van der Waals surface area contributed by atoms with Gasteiger partial charge in [-0.1, -0.05) is 6.92 Å². The predicted molar refractivity (Wildman–Crippen MR) is 146 cm³/mol. The van der Waals surface area contributed by atoms with Crippen LogP contribution in [0.4, 0.5) is 0 Å². The molecule has 216 valence electrons. The molecule has 0 amide bonds. The van der Waals surface area contributed by atoms with Crippen molar-refractivity contribution in [3.8, 4) is 17.0 Å². The van der Waals surface area contributed by atoms with Gasteiger partial charge in [0, 0.05) is 24.0 Å². The molecule has 39 heavy (non-hydrogen) atoms. The second-order valence-electron chi connectivity index (χ2n) is 9.85. The van der Waals surface area contributed by atoms with Crippen LogP contribution >= 0.6 is 0 Å². The lowest BCUT2D eigenvalue weighted by Gasteiger charge is -2.23. The van der Waals surface area contributed by atoms with Crippen LogP contribution in [0, 0.1) is 0 Å². The quantitative estimate of drug-likeness (QED) is 0.295. The Bertz CT molecular complexity index is 1480. The van der Waals surface area contributed by atoms with Crippen LogP contribution < -0.4 is 4.74 Å². The van der Waals surface area contributed by atoms with Crippen molar-refractivity contribution in [1.82, 2.24) is 19.0 Å². The van der Waals surface area contributed by atoms with E-state index in [1.54, 1.807) is 0 Å². The third-order valence-corrected chi connectivity index (χ3v) is 8.28. The summed E-state index contributed by atoms with van der Waals surface area (Å²) in [7, 11) is -7.56. The molecule has 1 saturated heterocycles. The molecule has 1 N–H and O–H groups in total. The van der Waals surface area contributed by atoms with Crippen molar-refractivity contribution in [1.29, 1.82) is 0 Å². The second-order valence-corrected chi connectivity index (χ2v) is 13.3. The molecular formula is C25H36N4O8S2. The normalized spacial score (nSPS) is 18.3. The molecule has 3 aromatic rings. The van der Waals surface area contributed by atoms with Crippen molar-refractivity contribution in [2.24, 2.45) is 0 Å². The molecule has 1 aromatic carbocycles. The van der Waals surface area contributed by atoms with Gasteiger partial charge in [-0.25, -0.2) is 13.1 Å². The minimum Gasteiger partial charge on any atom is -0.491 e. The van der Waals surface area contributed by atoms with Crippen LogP contribution in [0.25, 0.3) is 22.2 Å². The van der Waals surface area contributed by atoms with Gasteiger partial charge in [0.15, 0.2) is 6.23 Å². The Morgan fingerprint density at radius 1 is 1.21 bits per heavy atom. The summed E-state index contributed by atoms with van der Waals surface area (Å²) < 4.78 is 75.7. The number of hydrogen-bond acceptors (Lipinski definition) is 9. The van der Waals surface area contributed by atoms with Gasteiger partial charge in [-0.15, -0.1) is 0 Å². The largest absolute Gasteiger partial charge is 0.491 e. The minimum absolute atomic E-state index is 0.199. The summed E-state index contributed by atoms with van der Waals surface area (Å²) in [4.78, 5) is 0. The fraction of sp³-hybridized carbons (Fsp3) is 0.600. The molecule has 0 saturated carbocycles. The van der Waals surface area contributed by atoms with Crippen LogP contribution in [-0.4, -0.2) is 77.8 Å². The molecule has 12 nitrogen and oxygen atoms in total. The van der Waals surface area contributed by atoms with Crippen molar-refractivity contribution in [3.05, 3.63) is 30.6 Å². The highest BCUT2D eigenvalue weighted by Crippen LogP contribution is 2.35. The zero-order valence-electron chi connectivity index (χ0n) is 22.4. The SMILES string of the molecule is CC[C@@H](CCS(=O)(=O)O)OCC[C@@H](C)Oc1ccc2c(c1)c(-c1cnn(S(C)(=O)=O)c1)nn2C1CCCCO1. The Hall–Kier alpha value is -2.52. The average Bonchev–Trinajstić information content (AvgIpc) is 3.51. The molecule has 14 heteroatoms. The van der Waals surface area contributed by atoms with Crippen LogP contribution in [0.2, 0.25) is 0 Å². The van der Waals surface area contributed by atoms with Crippen LogP contribution in [0.3, 0.4) is 0 Å². The van der Waals surface area contributed by atoms with Crippen LogP contribution in [-0.2, 0) is 29.6 Å². The second kappa shape index (κ2) is 12.3. The molecule has 1 fully saturated rings. The van der Waals surface area contributed by atoms with Crippen molar-refractivity contribution in [2.45, 2.75) is 70.8 Å². The maximum absolute atomic E-state index is 12.0. The Morgan fingerprint density at radius 3 is 2.64 bits per heavy atom. The fourth-order valence-electron chi connectivity index (χ4n) is 4.53. The van der Waals surface area contributed by atoms with E-state index in [2.05, 4.69) is 5.10 Å². The van der Waals surface area contributed by atoms with Gasteiger partial charge >= 0.3 is 0 Å². The van der Waals surface area contributed by atoms with Crippen LogP contribution in [0.5, 0.6) is 5.75 Å². The van der Waals surface area contributed by atoms with Gasteiger partial charge in [-0.05, 0) is 57.2 Å². The molecule has 1 unspecified atom stereocenters. The molecule has 4 rings (SSSR count). The van der Waals surface area contributed by atoms with Crippen molar-refractivity contribution >= 4 is 31.0 Å². The highest BCUT2D eigenvalue weighted by atomic mass is 32.2. The van der Waals surface area contributed by atoms with E-state index in [0.717, 1.165) is 40.5 Å². The van der Waals surface area contributed by atoms with E-state index < -0.39 is 20.1 Å². The standard InChI is InChI=1S/C25H36N4O8S2/c1-4-20(11-14-39(32,33)34)35-13-10-18(2)37-21-8-9-23-22(15-21)25(19-16-26-28(17-19)38(3,30)31)27-29(23)24-7-5-6-12-36-24/h8-9,15-18,20,24H,4-7,10-14H2,1-3H3,(H,32,33,34)/t18-,20+,24?/m1/s1. The first-order valence-electron chi connectivity index (χ1n) is 13.1. The van der Waals surface area contributed by atoms with E-state index >= 15 is 0 Å². The van der Waals surface area contributed by atoms with Gasteiger partial charge in [0.1, 0.15) is 11.4 Å². The summed E-state index contributed by atoms with van der Waals surface area (Å²) in [5.41, 5.74) is 1.99. The van der Waals surface area contributed by atoms with Crippen LogP contribution in [0.15, 0.2) is 30.6 Å². The maximum Gasteiger partial charge on any atom is 0.264 e. The summed E-state index contributed by atoms with van der Waals surface area (Å²) in [6, 6.07) is 5.67. The topological polar surface area (TPSA) is 152 Å². The first kappa shape index (κ1) is 29.5. The van der Waals surface area contributed by atoms with Crippen molar-refractivity contribution in [2.75, 3.05) is 25.2 Å². The summed E-state index contributed by atoms with van der Waals surface area (Å²) in [5, 5.41) is 9.61. The van der Waals surface area contributed by atoms with Gasteiger partial charge in [0.2, 0.25) is 0 Å². The van der Waals surface area contributed by atoms with Gasteiger partial charge in [-0.3, -0.25) is 4.55 Å². The monoisotopic (exact) mass is 584 g/mol. The summed E-state index contributed by atoms with van der Waals surface area (Å²) in [6.45, 7) is 4.85. The van der Waals surface area contributed by atoms with Gasteiger partial charge < -0.3 is 14.2 Å². The number of rotatable bonds is 13. The lowest BCUT2D eigenvalue weighted by Crippen LogP contribution is -2.21. The molecule has 0 spiro atoms. The summed E-state index contributed by atoms with van der Waals surface area (Å²) in [6.07, 6.45) is 7.64. The number of ether oxygens (including phenoxy) is 3. The Balaban J connectivity index is 1.52. The average molecular weight is 585 g/mol. The Kier molecular flexibility index (Phi) is 9.32. The van der Waals surface area contributed by atoms with E-state index in [4.69, 9.17) is 23.9 Å². The molecular weight excluding hydrogens is 548 g/mol. The molecule has 1 aliphatic heterocycles. The van der Waals surface area contributed by atoms with E-state index in [1.807, 2.05) is 36.7 Å². The minimum atomic E-state index is -4.02. The zero-order valence-corrected chi connectivity index (χ0v) is 24.0. The maximum atomic E-state index is 12.0. The highest BCUT2D eigenvalue weighted by molar-refractivity contribution is 7.89. The smallest absolute Gasteiger partial charge is 0.264 e. The van der Waals surface area contributed by atoms with Crippen molar-refractivity contribution < 1.29 is 35.6 Å². The number of fused-ring (bicyclic) bond motifs is 1. The lowest BCUT2D eigenvalue weighted by molar-refractivity contribution is -0.0365. The van der Waals surface area contributed by atoms with Crippen LogP contribution in [0.1, 0.15) is 58.6 Å². The molecule has 3 atom stereocenters.